The second-order valence-corrected chi connectivity index (χ2v) is 4.28. The van der Waals surface area contributed by atoms with Crippen LogP contribution in [0.3, 0.4) is 0 Å². The molecule has 1 aromatic rings. The Labute approximate surface area is 102 Å². The minimum atomic E-state index is 0.620. The number of nitriles is 1. The second-order valence-electron chi connectivity index (χ2n) is 4.28. The Morgan fingerprint density at radius 3 is 3.18 bits per heavy atom. The van der Waals surface area contributed by atoms with Gasteiger partial charge >= 0.3 is 0 Å². The fraction of sp³-hybridized carbons (Fsp3) is 0.500. The minimum absolute atomic E-state index is 0.620. The van der Waals surface area contributed by atoms with Crippen molar-refractivity contribution in [2.45, 2.75) is 32.1 Å². The average molecular weight is 230 g/mol. The molecule has 0 atom stereocenters. The number of rotatable bonds is 5. The zero-order valence-corrected chi connectivity index (χ0v) is 10.0. The lowest BCUT2D eigenvalue weighted by molar-refractivity contribution is 0.308. The lowest BCUT2D eigenvalue weighted by atomic mass is 10.0. The van der Waals surface area contributed by atoms with Crippen LogP contribution in [0.25, 0.3) is 0 Å². The van der Waals surface area contributed by atoms with Gasteiger partial charge in [-0.2, -0.15) is 5.26 Å². The molecule has 0 saturated carbocycles. The average Bonchev–Trinajstić information content (AvgIpc) is 2.39. The van der Waals surface area contributed by atoms with Gasteiger partial charge in [-0.3, -0.25) is 0 Å². The number of aryl methyl sites for hydroxylation is 1. The minimum Gasteiger partial charge on any atom is -0.491 e. The summed E-state index contributed by atoms with van der Waals surface area (Å²) in [6, 6.07) is 8.37. The van der Waals surface area contributed by atoms with Crippen molar-refractivity contribution in [1.82, 2.24) is 0 Å². The molecule has 0 aliphatic carbocycles. The summed E-state index contributed by atoms with van der Waals surface area (Å²) in [5.41, 5.74) is 2.52. The molecule has 0 aromatic heterocycles. The SMILES string of the molecule is N#CCCCCOc1cccc2c1NCCC2. The van der Waals surface area contributed by atoms with Crippen molar-refractivity contribution in [3.8, 4) is 11.8 Å². The number of nitrogens with one attached hydrogen (secondary N) is 1. The second kappa shape index (κ2) is 6.15. The summed E-state index contributed by atoms with van der Waals surface area (Å²) in [6.45, 7) is 1.72. The smallest absolute Gasteiger partial charge is 0.142 e. The highest BCUT2D eigenvalue weighted by Gasteiger charge is 2.12. The summed E-state index contributed by atoms with van der Waals surface area (Å²) < 4.78 is 5.78. The Bertz CT molecular complexity index is 409. The number of ether oxygens (including phenoxy) is 1. The molecule has 0 fully saturated rings. The van der Waals surface area contributed by atoms with E-state index in [4.69, 9.17) is 10.00 Å². The number of nitrogens with zero attached hydrogens (tertiary/aromatic N) is 1. The molecule has 1 N–H and O–H groups in total. The highest BCUT2D eigenvalue weighted by molar-refractivity contribution is 5.63. The van der Waals surface area contributed by atoms with Crippen molar-refractivity contribution in [3.05, 3.63) is 23.8 Å². The Kier molecular flexibility index (Phi) is 4.26. The first kappa shape index (κ1) is 11.8. The van der Waals surface area contributed by atoms with Crippen molar-refractivity contribution in [3.63, 3.8) is 0 Å². The topological polar surface area (TPSA) is 45.0 Å². The van der Waals surface area contributed by atoms with Crippen LogP contribution < -0.4 is 10.1 Å². The van der Waals surface area contributed by atoms with E-state index in [1.54, 1.807) is 0 Å². The quantitative estimate of drug-likeness (QED) is 0.790. The molecule has 0 saturated heterocycles. The van der Waals surface area contributed by atoms with Gasteiger partial charge in [0.05, 0.1) is 18.4 Å². The van der Waals surface area contributed by atoms with E-state index in [2.05, 4.69) is 23.5 Å². The van der Waals surface area contributed by atoms with Crippen LogP contribution in [0.1, 0.15) is 31.2 Å². The molecule has 3 heteroatoms. The molecule has 1 aliphatic heterocycles. The van der Waals surface area contributed by atoms with E-state index in [0.29, 0.717) is 13.0 Å². The van der Waals surface area contributed by atoms with E-state index in [0.717, 1.165) is 31.6 Å². The van der Waals surface area contributed by atoms with Crippen LogP contribution in [0.2, 0.25) is 0 Å². The van der Waals surface area contributed by atoms with E-state index >= 15 is 0 Å². The first-order valence-corrected chi connectivity index (χ1v) is 6.27. The third-order valence-electron chi connectivity index (χ3n) is 2.98. The Morgan fingerprint density at radius 2 is 2.29 bits per heavy atom. The molecule has 0 radical (unpaired) electrons. The first-order valence-electron chi connectivity index (χ1n) is 6.27. The van der Waals surface area contributed by atoms with E-state index in [-0.39, 0.29) is 0 Å². The monoisotopic (exact) mass is 230 g/mol. The summed E-state index contributed by atoms with van der Waals surface area (Å²) in [7, 11) is 0. The number of benzene rings is 1. The van der Waals surface area contributed by atoms with Crippen LogP contribution in [0.5, 0.6) is 5.75 Å². The summed E-state index contributed by atoms with van der Waals surface area (Å²) in [5.74, 6) is 0.958. The molecule has 0 bridgehead atoms. The van der Waals surface area contributed by atoms with Crippen LogP contribution in [0.15, 0.2) is 18.2 Å². The molecule has 90 valence electrons. The molecule has 17 heavy (non-hydrogen) atoms. The van der Waals surface area contributed by atoms with Gasteiger partial charge in [-0.15, -0.1) is 0 Å². The fourth-order valence-electron chi connectivity index (χ4n) is 2.09. The Morgan fingerprint density at radius 1 is 1.35 bits per heavy atom. The molecule has 1 heterocycles. The first-order chi connectivity index (χ1) is 8.42. The molecule has 3 nitrogen and oxygen atoms in total. The molecular formula is C14H18N2O. The van der Waals surface area contributed by atoms with Crippen LogP contribution >= 0.6 is 0 Å². The molecule has 1 aliphatic rings. The fourth-order valence-corrected chi connectivity index (χ4v) is 2.09. The van der Waals surface area contributed by atoms with E-state index in [1.807, 2.05) is 6.07 Å². The van der Waals surface area contributed by atoms with Crippen molar-refractivity contribution in [2.75, 3.05) is 18.5 Å². The zero-order chi connectivity index (χ0) is 11.9. The van der Waals surface area contributed by atoms with Gasteiger partial charge in [0, 0.05) is 13.0 Å². The predicted octanol–water partition coefficient (Wildman–Crippen LogP) is 3.12. The lowest BCUT2D eigenvalue weighted by Gasteiger charge is -2.21. The predicted molar refractivity (Wildman–Crippen MR) is 68.2 cm³/mol. The standard InChI is InChI=1S/C14H18N2O/c15-9-2-1-3-11-17-13-8-4-6-12-7-5-10-16-14(12)13/h4,6,8,16H,1-3,5,7,10-11H2. The maximum absolute atomic E-state index is 8.44. The molecular weight excluding hydrogens is 212 g/mol. The van der Waals surface area contributed by atoms with E-state index in [1.165, 1.54) is 17.7 Å². The summed E-state index contributed by atoms with van der Waals surface area (Å²) in [6.07, 6.45) is 4.80. The molecule has 0 spiro atoms. The van der Waals surface area contributed by atoms with Crippen molar-refractivity contribution >= 4 is 5.69 Å². The summed E-state index contributed by atoms with van der Waals surface area (Å²) in [4.78, 5) is 0. The third-order valence-corrected chi connectivity index (χ3v) is 2.98. The molecule has 2 rings (SSSR count). The summed E-state index contributed by atoms with van der Waals surface area (Å²) >= 11 is 0. The lowest BCUT2D eigenvalue weighted by Crippen LogP contribution is -2.13. The highest BCUT2D eigenvalue weighted by Crippen LogP contribution is 2.31. The summed E-state index contributed by atoms with van der Waals surface area (Å²) in [5, 5.41) is 11.8. The number of para-hydroxylation sites is 1. The molecule has 0 unspecified atom stereocenters. The normalized spacial score (nSPS) is 13.4. The van der Waals surface area contributed by atoms with Gasteiger partial charge in [0.2, 0.25) is 0 Å². The number of fused-ring (bicyclic) bond motifs is 1. The number of unbranched alkanes of at least 4 members (excludes halogenated alkanes) is 2. The van der Waals surface area contributed by atoms with Gasteiger partial charge in [-0.25, -0.2) is 0 Å². The van der Waals surface area contributed by atoms with Crippen LogP contribution in [-0.2, 0) is 6.42 Å². The van der Waals surface area contributed by atoms with Crippen LogP contribution in [0.4, 0.5) is 5.69 Å². The van der Waals surface area contributed by atoms with Crippen molar-refractivity contribution in [2.24, 2.45) is 0 Å². The third kappa shape index (κ3) is 3.13. The van der Waals surface area contributed by atoms with Crippen LogP contribution in [0, 0.1) is 11.3 Å². The van der Waals surface area contributed by atoms with Gasteiger partial charge in [-0.05, 0) is 37.3 Å². The number of hydrogen-bond donors (Lipinski definition) is 1. The Balaban J connectivity index is 1.90. The highest BCUT2D eigenvalue weighted by atomic mass is 16.5. The molecule has 1 aromatic carbocycles. The number of anilines is 1. The van der Waals surface area contributed by atoms with Gasteiger partial charge in [0.1, 0.15) is 5.75 Å². The zero-order valence-electron chi connectivity index (χ0n) is 10.0. The van der Waals surface area contributed by atoms with E-state index in [9.17, 15) is 0 Å². The molecule has 0 amide bonds. The van der Waals surface area contributed by atoms with Gasteiger partial charge < -0.3 is 10.1 Å². The maximum Gasteiger partial charge on any atom is 0.142 e. The van der Waals surface area contributed by atoms with Crippen LogP contribution in [-0.4, -0.2) is 13.2 Å². The Hall–Kier alpha value is -1.69. The van der Waals surface area contributed by atoms with Gasteiger partial charge in [0.15, 0.2) is 0 Å². The largest absolute Gasteiger partial charge is 0.491 e. The van der Waals surface area contributed by atoms with Crippen molar-refractivity contribution < 1.29 is 4.74 Å². The maximum atomic E-state index is 8.44. The number of hydrogen-bond acceptors (Lipinski definition) is 3. The van der Waals surface area contributed by atoms with Gasteiger partial charge in [-0.1, -0.05) is 12.1 Å². The van der Waals surface area contributed by atoms with Crippen molar-refractivity contribution in [1.29, 1.82) is 5.26 Å². The van der Waals surface area contributed by atoms with E-state index < -0.39 is 0 Å². The van der Waals surface area contributed by atoms with Gasteiger partial charge in [0.25, 0.3) is 0 Å².